The molecule has 0 atom stereocenters. The van der Waals surface area contributed by atoms with Gasteiger partial charge in [0, 0.05) is 6.04 Å². The van der Waals surface area contributed by atoms with Crippen LogP contribution in [0.3, 0.4) is 0 Å². The molecule has 1 amide bonds. The van der Waals surface area contributed by atoms with E-state index in [9.17, 15) is 9.59 Å². The van der Waals surface area contributed by atoms with Crippen molar-refractivity contribution in [2.45, 2.75) is 45.2 Å². The Balaban J connectivity index is 1.61. The molecule has 138 valence electrons. The second-order valence-electron chi connectivity index (χ2n) is 6.52. The first-order chi connectivity index (χ1) is 12.5. The standard InChI is InChI=1S/C19H22ClN3O3/c1-13-17(18(20)23(22-13)11-14-7-3-2-4-8-14)19(25)26-12-16(24)21-15-9-5-6-10-15/h2-4,7-8,15H,5-6,9-12H2,1H3,(H,21,24). The van der Waals surface area contributed by atoms with Crippen molar-refractivity contribution in [1.29, 1.82) is 0 Å². The lowest BCUT2D eigenvalue weighted by Crippen LogP contribution is -2.35. The lowest BCUT2D eigenvalue weighted by atomic mass is 10.2. The smallest absolute Gasteiger partial charge is 0.343 e. The van der Waals surface area contributed by atoms with Crippen molar-refractivity contribution in [2.24, 2.45) is 0 Å². The lowest BCUT2D eigenvalue weighted by molar-refractivity contribution is -0.124. The number of nitrogens with one attached hydrogen (secondary N) is 1. The van der Waals surface area contributed by atoms with E-state index in [4.69, 9.17) is 16.3 Å². The molecule has 1 aromatic heterocycles. The molecule has 1 fully saturated rings. The number of amides is 1. The Kier molecular flexibility index (Phi) is 5.93. The second-order valence-corrected chi connectivity index (χ2v) is 6.88. The third kappa shape index (κ3) is 4.43. The summed E-state index contributed by atoms with van der Waals surface area (Å²) in [6.45, 7) is 1.84. The van der Waals surface area contributed by atoms with E-state index in [1.54, 1.807) is 11.6 Å². The summed E-state index contributed by atoms with van der Waals surface area (Å²) in [4.78, 5) is 24.3. The zero-order valence-electron chi connectivity index (χ0n) is 14.7. The Morgan fingerprint density at radius 2 is 1.96 bits per heavy atom. The Morgan fingerprint density at radius 3 is 2.65 bits per heavy atom. The van der Waals surface area contributed by atoms with E-state index in [2.05, 4.69) is 10.4 Å². The number of ether oxygens (including phenoxy) is 1. The van der Waals surface area contributed by atoms with Crippen LogP contribution in [-0.2, 0) is 16.1 Å². The average Bonchev–Trinajstić information content (AvgIpc) is 3.22. The van der Waals surface area contributed by atoms with Crippen LogP contribution in [0.15, 0.2) is 30.3 Å². The van der Waals surface area contributed by atoms with Gasteiger partial charge in [0.1, 0.15) is 10.7 Å². The van der Waals surface area contributed by atoms with Crippen LogP contribution < -0.4 is 5.32 Å². The van der Waals surface area contributed by atoms with E-state index in [1.165, 1.54) is 0 Å². The Labute approximate surface area is 157 Å². The van der Waals surface area contributed by atoms with Crippen molar-refractivity contribution < 1.29 is 14.3 Å². The summed E-state index contributed by atoms with van der Waals surface area (Å²) in [7, 11) is 0. The van der Waals surface area contributed by atoms with Gasteiger partial charge in [0.25, 0.3) is 5.91 Å². The minimum absolute atomic E-state index is 0.195. The fourth-order valence-corrected chi connectivity index (χ4v) is 3.50. The van der Waals surface area contributed by atoms with Gasteiger partial charge in [0.2, 0.25) is 0 Å². The molecule has 1 aliphatic carbocycles. The molecule has 3 rings (SSSR count). The number of aryl methyl sites for hydroxylation is 1. The van der Waals surface area contributed by atoms with Gasteiger partial charge in [-0.15, -0.1) is 0 Å². The van der Waals surface area contributed by atoms with Crippen LogP contribution in [0.25, 0.3) is 0 Å². The maximum atomic E-state index is 12.4. The van der Waals surface area contributed by atoms with E-state index in [1.807, 2.05) is 30.3 Å². The first kappa shape index (κ1) is 18.5. The van der Waals surface area contributed by atoms with Crippen LogP contribution in [-0.4, -0.2) is 34.3 Å². The molecule has 0 spiro atoms. The van der Waals surface area contributed by atoms with Crippen molar-refractivity contribution in [1.82, 2.24) is 15.1 Å². The van der Waals surface area contributed by atoms with Crippen molar-refractivity contribution in [3.8, 4) is 0 Å². The van der Waals surface area contributed by atoms with Gasteiger partial charge in [-0.2, -0.15) is 5.10 Å². The van der Waals surface area contributed by atoms with E-state index in [0.29, 0.717) is 12.2 Å². The number of nitrogens with zero attached hydrogens (tertiary/aromatic N) is 2. The van der Waals surface area contributed by atoms with Crippen LogP contribution in [0, 0.1) is 6.92 Å². The van der Waals surface area contributed by atoms with E-state index in [-0.39, 0.29) is 29.3 Å². The maximum Gasteiger partial charge on any atom is 0.343 e. The molecule has 1 saturated carbocycles. The number of hydrogen-bond acceptors (Lipinski definition) is 4. The third-order valence-corrected chi connectivity index (χ3v) is 4.88. The number of carbonyl (C=O) groups excluding carboxylic acids is 2. The number of halogens is 1. The average molecular weight is 376 g/mol. The summed E-state index contributed by atoms with van der Waals surface area (Å²) in [5.41, 5.74) is 1.70. The van der Waals surface area contributed by atoms with Crippen LogP contribution in [0.5, 0.6) is 0 Å². The number of rotatable bonds is 6. The Bertz CT molecular complexity index is 783. The molecule has 7 heteroatoms. The van der Waals surface area contributed by atoms with Gasteiger partial charge in [-0.1, -0.05) is 54.8 Å². The monoisotopic (exact) mass is 375 g/mol. The molecule has 1 heterocycles. The summed E-state index contributed by atoms with van der Waals surface area (Å²) >= 11 is 6.33. The minimum atomic E-state index is -0.631. The van der Waals surface area contributed by atoms with Crippen molar-refractivity contribution in [3.63, 3.8) is 0 Å². The molecule has 0 saturated heterocycles. The van der Waals surface area contributed by atoms with E-state index in [0.717, 1.165) is 31.2 Å². The fraction of sp³-hybridized carbons (Fsp3) is 0.421. The Morgan fingerprint density at radius 1 is 1.27 bits per heavy atom. The highest BCUT2D eigenvalue weighted by atomic mass is 35.5. The Hall–Kier alpha value is -2.34. The van der Waals surface area contributed by atoms with Gasteiger partial charge < -0.3 is 10.1 Å². The predicted molar refractivity (Wildman–Crippen MR) is 98.2 cm³/mol. The van der Waals surface area contributed by atoms with Crippen molar-refractivity contribution in [2.75, 3.05) is 6.61 Å². The fourth-order valence-electron chi connectivity index (χ4n) is 3.19. The lowest BCUT2D eigenvalue weighted by Gasteiger charge is -2.11. The normalized spacial score (nSPS) is 14.4. The topological polar surface area (TPSA) is 73.2 Å². The van der Waals surface area contributed by atoms with E-state index >= 15 is 0 Å². The molecule has 1 N–H and O–H groups in total. The third-order valence-electron chi connectivity index (χ3n) is 4.50. The van der Waals surface area contributed by atoms with Gasteiger partial charge in [0.15, 0.2) is 6.61 Å². The van der Waals surface area contributed by atoms with Gasteiger partial charge in [0.05, 0.1) is 12.2 Å². The molecule has 0 radical (unpaired) electrons. The molecular formula is C19H22ClN3O3. The van der Waals surface area contributed by atoms with Crippen LogP contribution >= 0.6 is 11.6 Å². The molecule has 1 aromatic carbocycles. The van der Waals surface area contributed by atoms with Gasteiger partial charge in [-0.05, 0) is 25.3 Å². The number of esters is 1. The summed E-state index contributed by atoms with van der Waals surface area (Å²) < 4.78 is 6.69. The molecule has 6 nitrogen and oxygen atoms in total. The number of benzene rings is 1. The van der Waals surface area contributed by atoms with Crippen LogP contribution in [0.2, 0.25) is 5.15 Å². The largest absolute Gasteiger partial charge is 0.452 e. The molecule has 0 unspecified atom stereocenters. The van der Waals surface area contributed by atoms with Crippen LogP contribution in [0.1, 0.15) is 47.3 Å². The van der Waals surface area contributed by atoms with Gasteiger partial charge in [-0.3, -0.25) is 4.79 Å². The molecule has 26 heavy (non-hydrogen) atoms. The highest BCUT2D eigenvalue weighted by molar-refractivity contribution is 6.32. The summed E-state index contributed by atoms with van der Waals surface area (Å²) in [6.07, 6.45) is 4.22. The highest BCUT2D eigenvalue weighted by Crippen LogP contribution is 2.22. The molecule has 0 bridgehead atoms. The number of aromatic nitrogens is 2. The number of carbonyl (C=O) groups is 2. The zero-order valence-corrected chi connectivity index (χ0v) is 15.5. The van der Waals surface area contributed by atoms with Crippen molar-refractivity contribution in [3.05, 3.63) is 52.3 Å². The minimum Gasteiger partial charge on any atom is -0.452 e. The highest BCUT2D eigenvalue weighted by Gasteiger charge is 2.23. The summed E-state index contributed by atoms with van der Waals surface area (Å²) in [5, 5.41) is 7.42. The second kappa shape index (κ2) is 8.36. The maximum absolute atomic E-state index is 12.4. The number of hydrogen-bond donors (Lipinski definition) is 1. The van der Waals surface area contributed by atoms with Gasteiger partial charge >= 0.3 is 5.97 Å². The quantitative estimate of drug-likeness (QED) is 0.787. The predicted octanol–water partition coefficient (Wildman–Crippen LogP) is 3.11. The zero-order chi connectivity index (χ0) is 18.5. The first-order valence-electron chi connectivity index (χ1n) is 8.78. The molecule has 1 aliphatic rings. The molecule has 0 aliphatic heterocycles. The first-order valence-corrected chi connectivity index (χ1v) is 9.15. The SMILES string of the molecule is Cc1nn(Cc2ccccc2)c(Cl)c1C(=O)OCC(=O)NC1CCCC1. The van der Waals surface area contributed by atoms with Crippen molar-refractivity contribution >= 4 is 23.5 Å². The summed E-state index contributed by atoms with van der Waals surface area (Å²) in [5.74, 6) is -0.913. The molecule has 2 aromatic rings. The van der Waals surface area contributed by atoms with Gasteiger partial charge in [-0.25, -0.2) is 9.48 Å². The van der Waals surface area contributed by atoms with E-state index < -0.39 is 5.97 Å². The molecular weight excluding hydrogens is 354 g/mol. The summed E-state index contributed by atoms with van der Waals surface area (Å²) in [6, 6.07) is 9.89. The van der Waals surface area contributed by atoms with Crippen LogP contribution in [0.4, 0.5) is 0 Å².